The monoisotopic (exact) mass is 1630 g/mol. The number of rotatable bonds is 8. The van der Waals surface area contributed by atoms with E-state index in [4.69, 9.17) is 19.7 Å². The van der Waals surface area contributed by atoms with Gasteiger partial charge in [0.25, 0.3) is 10.2 Å². The van der Waals surface area contributed by atoms with Crippen LogP contribution in [-0.2, 0) is 76.6 Å². The number of ether oxygens (including phenoxy) is 2. The Balaban J connectivity index is 0.000000557. The Hall–Kier alpha value is -4.34. The third-order valence-corrected chi connectivity index (χ3v) is 25.5. The van der Waals surface area contributed by atoms with E-state index in [9.17, 15) is 67.1 Å². The summed E-state index contributed by atoms with van der Waals surface area (Å²) in [5.41, 5.74) is 5.92. The molecule has 12 rings (SSSR count). The molecular weight excluding hydrogens is 1540 g/mol. The predicted molar refractivity (Wildman–Crippen MR) is 436 cm³/mol. The SMILES string of the molecule is CC(C)C1=CCSC1=O.CC(C)C1C=CC(=O)S1.CC1(C)C=CC(=O)S1.CC1=C(C)C(=O)SC1.CC1=C(O)C(=O)SC1.CC1=CC(=O)SC1=O.CC1=CC(C)SC1=O.CCC1C=CC(=O)S1.CCCC1C=CC(=O)S1.CCOC(=O)C1=CC(=O)SC1C.COC1=CCSC1=O.O=C1C=C(O)CS1. The molecule has 12 aliphatic heterocycles. The molecule has 102 heavy (non-hydrogen) atoms. The fraction of sp³-hybridized carbons (Fsp3) is 0.472. The summed E-state index contributed by atoms with van der Waals surface area (Å²) >= 11 is 15.3. The molecule has 0 radical (unpaired) electrons. The van der Waals surface area contributed by atoms with Crippen molar-refractivity contribution in [2.45, 2.75) is 161 Å². The zero-order valence-electron chi connectivity index (χ0n) is 60.3. The number of methoxy groups -OCH3 is 1. The van der Waals surface area contributed by atoms with Crippen molar-refractivity contribution < 1.29 is 86.8 Å². The van der Waals surface area contributed by atoms with E-state index in [1.807, 2.05) is 84.9 Å². The van der Waals surface area contributed by atoms with Gasteiger partial charge in [0.1, 0.15) is 5.76 Å². The highest BCUT2D eigenvalue weighted by atomic mass is 32.2. The molecule has 0 aromatic heterocycles. The number of aliphatic hydroxyl groups excluding tert-OH is 2. The molecule has 12 heterocycles. The minimum atomic E-state index is -0.372. The maximum absolute atomic E-state index is 11.1. The van der Waals surface area contributed by atoms with Crippen LogP contribution in [0.5, 0.6) is 0 Å². The average Bonchev–Trinajstić information content (AvgIpc) is 1.67. The summed E-state index contributed by atoms with van der Waals surface area (Å²) in [6, 6.07) is 0. The highest BCUT2D eigenvalue weighted by Gasteiger charge is 2.29. The van der Waals surface area contributed by atoms with E-state index >= 15 is 0 Å². The molecule has 18 nitrogen and oxygen atoms in total. The van der Waals surface area contributed by atoms with Crippen molar-refractivity contribution in [3.05, 3.63) is 141 Å². The van der Waals surface area contributed by atoms with E-state index in [2.05, 4.69) is 41.5 Å². The number of hydrogen-bond acceptors (Lipinski definition) is 30. The summed E-state index contributed by atoms with van der Waals surface area (Å²) in [6.45, 7) is 31.7. The van der Waals surface area contributed by atoms with Crippen molar-refractivity contribution in [3.63, 3.8) is 0 Å². The van der Waals surface area contributed by atoms with Crippen LogP contribution < -0.4 is 0 Å². The van der Waals surface area contributed by atoms with Crippen LogP contribution >= 0.6 is 141 Å². The van der Waals surface area contributed by atoms with E-state index in [0.29, 0.717) is 67.9 Å². The van der Waals surface area contributed by atoms with Crippen molar-refractivity contribution in [1.29, 1.82) is 0 Å². The molecule has 0 aromatic rings. The van der Waals surface area contributed by atoms with E-state index in [0.717, 1.165) is 106 Å². The molecule has 0 aliphatic carbocycles. The summed E-state index contributed by atoms with van der Waals surface area (Å²) in [5, 5.41) is 20.0. The van der Waals surface area contributed by atoms with Gasteiger partial charge >= 0.3 is 5.97 Å². The lowest BCUT2D eigenvalue weighted by molar-refractivity contribution is -0.138. The smallest absolute Gasteiger partial charge is 0.335 e. The number of hydrogen-bond donors (Lipinski definition) is 2. The Bertz CT molecular complexity index is 3440. The topological polar surface area (TPSA) is 298 Å². The normalized spacial score (nSPS) is 22.7. The molecule has 560 valence electrons. The molecule has 0 fully saturated rings. The lowest BCUT2D eigenvalue weighted by Gasteiger charge is -2.09. The fourth-order valence-corrected chi connectivity index (χ4v) is 17.4. The third-order valence-electron chi connectivity index (χ3n) is 13.5. The highest BCUT2D eigenvalue weighted by molar-refractivity contribution is 8.27. The number of esters is 1. The van der Waals surface area contributed by atoms with E-state index in [1.165, 1.54) is 125 Å². The van der Waals surface area contributed by atoms with Crippen LogP contribution in [0.1, 0.15) is 130 Å². The molecule has 0 saturated heterocycles. The second kappa shape index (κ2) is 51.0. The third kappa shape index (κ3) is 39.9. The van der Waals surface area contributed by atoms with Gasteiger partial charge in [0.05, 0.1) is 25.0 Å². The summed E-state index contributed by atoms with van der Waals surface area (Å²) in [6.07, 6.45) is 27.6. The van der Waals surface area contributed by atoms with Crippen LogP contribution in [0, 0.1) is 11.8 Å². The van der Waals surface area contributed by atoms with E-state index in [1.54, 1.807) is 51.2 Å². The minimum absolute atomic E-state index is 0.0440. The van der Waals surface area contributed by atoms with Crippen LogP contribution in [0.15, 0.2) is 141 Å². The fourth-order valence-electron chi connectivity index (χ4n) is 7.71. The van der Waals surface area contributed by atoms with Gasteiger partial charge in [-0.2, -0.15) is 0 Å². The van der Waals surface area contributed by atoms with Gasteiger partial charge in [0.2, 0.25) is 56.3 Å². The first-order chi connectivity index (χ1) is 47.8. The Morgan fingerprint density at radius 2 is 1.15 bits per heavy atom. The van der Waals surface area contributed by atoms with Crippen molar-refractivity contribution in [3.8, 4) is 0 Å². The molecule has 30 heteroatoms. The largest absolute Gasteiger partial charge is 0.511 e. The van der Waals surface area contributed by atoms with Crippen molar-refractivity contribution >= 4 is 214 Å². The van der Waals surface area contributed by atoms with Gasteiger partial charge in [-0.25, -0.2) is 4.79 Å². The Morgan fingerprint density at radius 1 is 0.569 bits per heavy atom. The van der Waals surface area contributed by atoms with Gasteiger partial charge in [-0.15, -0.1) is 0 Å². The first-order valence-corrected chi connectivity index (χ1v) is 43.0. The molecule has 0 saturated carbocycles. The Kier molecular flexibility index (Phi) is 47.9. The Morgan fingerprint density at radius 3 is 1.36 bits per heavy atom. The number of thioether (sulfide) groups is 12. The molecule has 12 aliphatic rings. The maximum Gasteiger partial charge on any atom is 0.335 e. The van der Waals surface area contributed by atoms with Crippen LogP contribution in [0.3, 0.4) is 0 Å². The maximum atomic E-state index is 11.1. The van der Waals surface area contributed by atoms with E-state index < -0.39 is 0 Å². The lowest BCUT2D eigenvalue weighted by Crippen LogP contribution is -2.12. The van der Waals surface area contributed by atoms with Gasteiger partial charge in [-0.05, 0) is 142 Å². The Labute approximate surface area is 651 Å². The van der Waals surface area contributed by atoms with Crippen LogP contribution in [-0.4, -0.2) is 156 Å². The second-order valence-corrected chi connectivity index (χ2v) is 37.2. The zero-order chi connectivity index (χ0) is 77.6. The number of carbonyl (C=O) groups excluding carboxylic acids is 14. The molecule has 0 spiro atoms. The second-order valence-electron chi connectivity index (χ2n) is 23.3. The summed E-state index contributed by atoms with van der Waals surface area (Å²) in [5.74, 6) is 4.93. The standard InChI is InChI=1S/C8H10O3S.3C7H10OS.4C6H8OS.2C5H6O2S.C5H4O2S.C4H4O2S/c1-3-11-8(10)6-4-7(9)12-5(6)2;1-5(2)6-3-4-9-7(6)8;1-5(2)6-3-4-7(8)9-6;1-2-3-6-4-5-7(8)9-6;1-6(2)4-3-5(7)8-6;1-4-3-8-6(7)5(4)2;1-4-3-5(2)8-6(4)7;1-2-5-3-4-6(7)8-5;1-7-4-2-3-8-5(4)6;1-3-2-8-5(7)4(3)6;1-3-2-4(6)8-5(3)7;5-3-1-4(6)7-2-3/h4-5H,3H2,1-2H3;3,5H,4H2,1-2H3;3-6H,1-2H3;4-6H,2-3H2,1H3;3-4H,1-2H3;3H2,1-2H3;3,5H,1-2H3;3-5H,2H2,1H3;2H,3H2,1H3;6H,2H2,1H3;2H,1H3;1,5H,2H2. The number of aliphatic hydroxyl groups is 2. The van der Waals surface area contributed by atoms with E-state index in [-0.39, 0.29) is 94.0 Å². The quantitative estimate of drug-likeness (QED) is 0.213. The van der Waals surface area contributed by atoms with Gasteiger partial charge < -0.3 is 19.7 Å². The van der Waals surface area contributed by atoms with Gasteiger partial charge in [-0.3, -0.25) is 62.3 Å². The minimum Gasteiger partial charge on any atom is -0.511 e. The highest BCUT2D eigenvalue weighted by Crippen LogP contribution is 2.34. The first kappa shape index (κ1) is 95.7. The molecule has 5 atom stereocenters. The molecule has 5 unspecified atom stereocenters. The molecule has 2 N–H and O–H groups in total. The average molecular weight is 1630 g/mol. The zero-order valence-corrected chi connectivity index (χ0v) is 70.1. The van der Waals surface area contributed by atoms with Crippen LogP contribution in [0.4, 0.5) is 0 Å². The predicted octanol–water partition coefficient (Wildman–Crippen LogP) is 16.5. The lowest BCUT2D eigenvalue weighted by atomic mass is 10.1. The first-order valence-electron chi connectivity index (χ1n) is 32.0. The summed E-state index contributed by atoms with van der Waals surface area (Å²) in [7, 11) is 1.51. The number of carbonyl (C=O) groups is 14. The van der Waals surface area contributed by atoms with Gasteiger partial charge in [-0.1, -0.05) is 219 Å². The van der Waals surface area contributed by atoms with Crippen molar-refractivity contribution in [1.82, 2.24) is 0 Å². The van der Waals surface area contributed by atoms with Crippen LogP contribution in [0.2, 0.25) is 0 Å². The van der Waals surface area contributed by atoms with Crippen molar-refractivity contribution in [2.75, 3.05) is 42.5 Å². The summed E-state index contributed by atoms with van der Waals surface area (Å²) < 4.78 is 9.54. The molecule has 0 aromatic carbocycles. The molecule has 0 amide bonds. The summed E-state index contributed by atoms with van der Waals surface area (Å²) in [4.78, 5) is 149. The molecule has 0 bridgehead atoms. The van der Waals surface area contributed by atoms with Gasteiger partial charge in [0.15, 0.2) is 11.5 Å². The van der Waals surface area contributed by atoms with Crippen molar-refractivity contribution in [2.24, 2.45) is 11.8 Å². The molecular formula is C72H92O18S12. The van der Waals surface area contributed by atoms with Gasteiger partial charge in [0, 0.05) is 94.5 Å². The van der Waals surface area contributed by atoms with Crippen LogP contribution in [0.25, 0.3) is 0 Å².